The Morgan fingerprint density at radius 2 is 2.21 bits per heavy atom. The summed E-state index contributed by atoms with van der Waals surface area (Å²) in [6.45, 7) is 0.551. The predicted octanol–water partition coefficient (Wildman–Crippen LogP) is 1.30. The van der Waals surface area contributed by atoms with Crippen molar-refractivity contribution < 1.29 is 9.90 Å². The number of hydrogen-bond donors (Lipinski definition) is 3. The topological polar surface area (TPSA) is 80.3 Å². The molecular formula is C14H21N3O2. The molecule has 4 N–H and O–H groups in total. The van der Waals surface area contributed by atoms with Gasteiger partial charge in [-0.3, -0.25) is 4.79 Å². The van der Waals surface area contributed by atoms with Crippen LogP contribution in [0.1, 0.15) is 48.6 Å². The van der Waals surface area contributed by atoms with Crippen molar-refractivity contribution in [2.24, 2.45) is 5.92 Å². The van der Waals surface area contributed by atoms with Gasteiger partial charge in [-0.25, -0.2) is 0 Å². The van der Waals surface area contributed by atoms with E-state index in [9.17, 15) is 9.90 Å². The lowest BCUT2D eigenvalue weighted by atomic mass is 10.1. The van der Waals surface area contributed by atoms with E-state index in [1.807, 2.05) is 10.8 Å². The molecule has 0 radical (unpaired) electrons. The van der Waals surface area contributed by atoms with E-state index in [1.54, 1.807) is 6.07 Å². The second-order valence-electron chi connectivity index (χ2n) is 5.77. The van der Waals surface area contributed by atoms with E-state index in [2.05, 4.69) is 5.32 Å². The first-order valence-electron chi connectivity index (χ1n) is 7.09. The highest BCUT2D eigenvalue weighted by molar-refractivity contribution is 5.93. The maximum absolute atomic E-state index is 12.2. The minimum atomic E-state index is -0.263. The third-order valence-corrected chi connectivity index (χ3v) is 4.19. The fourth-order valence-electron chi connectivity index (χ4n) is 2.91. The van der Waals surface area contributed by atoms with Crippen LogP contribution in [-0.2, 0) is 0 Å². The highest BCUT2D eigenvalue weighted by Crippen LogP contribution is 2.37. The van der Waals surface area contributed by atoms with Crippen LogP contribution in [0.15, 0.2) is 12.3 Å². The number of hydrogen-bond acceptors (Lipinski definition) is 3. The molecule has 1 aromatic rings. The zero-order chi connectivity index (χ0) is 13.4. The molecule has 1 aromatic heterocycles. The first-order valence-corrected chi connectivity index (χ1v) is 7.09. The first kappa shape index (κ1) is 12.5. The highest BCUT2D eigenvalue weighted by Gasteiger charge is 2.29. The minimum Gasteiger partial charge on any atom is -0.397 e. The third-order valence-electron chi connectivity index (χ3n) is 4.19. The van der Waals surface area contributed by atoms with Gasteiger partial charge in [-0.05, 0) is 31.7 Å². The van der Waals surface area contributed by atoms with Crippen molar-refractivity contribution in [3.8, 4) is 0 Å². The Morgan fingerprint density at radius 3 is 2.84 bits per heavy atom. The Kier molecular flexibility index (Phi) is 3.22. The number of aliphatic hydroxyl groups is 1. The van der Waals surface area contributed by atoms with Crippen molar-refractivity contribution >= 4 is 11.6 Å². The van der Waals surface area contributed by atoms with E-state index in [0.29, 0.717) is 24.0 Å². The van der Waals surface area contributed by atoms with Crippen molar-refractivity contribution in [1.82, 2.24) is 9.88 Å². The largest absolute Gasteiger partial charge is 0.397 e. The summed E-state index contributed by atoms with van der Waals surface area (Å²) in [6.07, 6.45) is 6.72. The molecule has 3 rings (SSSR count). The van der Waals surface area contributed by atoms with Crippen LogP contribution in [0.25, 0.3) is 0 Å². The standard InChI is InChI=1S/C14H21N3O2/c15-10-6-12(17(8-10)11-4-5-11)14(19)16-7-9-2-1-3-13(9)18/h6,8-9,11,13,18H,1-5,7,15H2,(H,16,19). The fraction of sp³-hybridized carbons (Fsp3) is 0.643. The lowest BCUT2D eigenvalue weighted by Gasteiger charge is -2.15. The molecule has 5 nitrogen and oxygen atoms in total. The lowest BCUT2D eigenvalue weighted by molar-refractivity contribution is 0.0907. The number of aliphatic hydroxyl groups excluding tert-OH is 1. The van der Waals surface area contributed by atoms with Gasteiger partial charge in [-0.2, -0.15) is 0 Å². The van der Waals surface area contributed by atoms with Gasteiger partial charge in [-0.15, -0.1) is 0 Å². The van der Waals surface area contributed by atoms with Crippen LogP contribution in [0.5, 0.6) is 0 Å². The zero-order valence-corrected chi connectivity index (χ0v) is 11.0. The summed E-state index contributed by atoms with van der Waals surface area (Å²) in [5, 5.41) is 12.7. The van der Waals surface area contributed by atoms with Crippen molar-refractivity contribution in [1.29, 1.82) is 0 Å². The summed E-state index contributed by atoms with van der Waals surface area (Å²) in [7, 11) is 0. The molecule has 0 saturated heterocycles. The second-order valence-corrected chi connectivity index (χ2v) is 5.77. The molecule has 0 aromatic carbocycles. The number of nitrogens with two attached hydrogens (primary N) is 1. The van der Waals surface area contributed by atoms with E-state index in [1.165, 1.54) is 0 Å². The summed E-state index contributed by atoms with van der Waals surface area (Å²) in [4.78, 5) is 12.2. The van der Waals surface area contributed by atoms with E-state index in [-0.39, 0.29) is 17.9 Å². The van der Waals surface area contributed by atoms with Gasteiger partial charge < -0.3 is 20.7 Å². The Balaban J connectivity index is 1.63. The Morgan fingerprint density at radius 1 is 1.42 bits per heavy atom. The molecule has 1 amide bonds. The van der Waals surface area contributed by atoms with Crippen molar-refractivity contribution in [3.05, 3.63) is 18.0 Å². The van der Waals surface area contributed by atoms with E-state index < -0.39 is 0 Å². The van der Waals surface area contributed by atoms with Crippen LogP contribution >= 0.6 is 0 Å². The molecule has 19 heavy (non-hydrogen) atoms. The molecule has 0 aliphatic heterocycles. The average Bonchev–Trinajstić information content (AvgIpc) is 3.04. The maximum Gasteiger partial charge on any atom is 0.268 e. The summed E-state index contributed by atoms with van der Waals surface area (Å²) < 4.78 is 1.98. The van der Waals surface area contributed by atoms with Gasteiger partial charge in [0.2, 0.25) is 0 Å². The van der Waals surface area contributed by atoms with Gasteiger partial charge in [0.15, 0.2) is 0 Å². The molecule has 0 spiro atoms. The van der Waals surface area contributed by atoms with Crippen molar-refractivity contribution in [3.63, 3.8) is 0 Å². The molecule has 5 heteroatoms. The van der Waals surface area contributed by atoms with Crippen LogP contribution in [-0.4, -0.2) is 28.2 Å². The van der Waals surface area contributed by atoms with Crippen molar-refractivity contribution in [2.75, 3.05) is 12.3 Å². The predicted molar refractivity (Wildman–Crippen MR) is 72.8 cm³/mol. The van der Waals surface area contributed by atoms with Gasteiger partial charge in [0, 0.05) is 24.7 Å². The number of carbonyl (C=O) groups excluding carboxylic acids is 1. The van der Waals surface area contributed by atoms with Gasteiger partial charge in [0.05, 0.1) is 11.8 Å². The van der Waals surface area contributed by atoms with E-state index >= 15 is 0 Å². The molecular weight excluding hydrogens is 242 g/mol. The Hall–Kier alpha value is -1.49. The molecule has 104 valence electrons. The van der Waals surface area contributed by atoms with E-state index in [4.69, 9.17) is 5.73 Å². The number of anilines is 1. The molecule has 2 saturated carbocycles. The Labute approximate surface area is 112 Å². The van der Waals surface area contributed by atoms with Gasteiger partial charge in [0.1, 0.15) is 5.69 Å². The van der Waals surface area contributed by atoms with Gasteiger partial charge in [0.25, 0.3) is 5.91 Å². The van der Waals surface area contributed by atoms with Crippen LogP contribution in [0.3, 0.4) is 0 Å². The van der Waals surface area contributed by atoms with Crippen molar-refractivity contribution in [2.45, 2.75) is 44.2 Å². The van der Waals surface area contributed by atoms with Gasteiger partial charge in [-0.1, -0.05) is 6.42 Å². The normalized spacial score (nSPS) is 26.6. The van der Waals surface area contributed by atoms with Crippen LogP contribution in [0, 0.1) is 5.92 Å². The molecule has 2 atom stereocenters. The maximum atomic E-state index is 12.2. The number of rotatable bonds is 4. The number of amides is 1. The zero-order valence-electron chi connectivity index (χ0n) is 11.0. The summed E-state index contributed by atoms with van der Waals surface area (Å²) >= 11 is 0. The van der Waals surface area contributed by atoms with Gasteiger partial charge >= 0.3 is 0 Å². The summed E-state index contributed by atoms with van der Waals surface area (Å²) in [6, 6.07) is 2.17. The molecule has 0 bridgehead atoms. The summed E-state index contributed by atoms with van der Waals surface area (Å²) in [5.41, 5.74) is 7.07. The third kappa shape index (κ3) is 2.61. The second kappa shape index (κ2) is 4.89. The van der Waals surface area contributed by atoms with Crippen LogP contribution in [0.4, 0.5) is 5.69 Å². The fourth-order valence-corrected chi connectivity index (χ4v) is 2.91. The quantitative estimate of drug-likeness (QED) is 0.766. The smallest absolute Gasteiger partial charge is 0.268 e. The number of nitrogen functional groups attached to an aromatic ring is 1. The van der Waals surface area contributed by atoms with E-state index in [0.717, 1.165) is 32.1 Å². The molecule has 1 heterocycles. The average molecular weight is 263 g/mol. The molecule has 2 unspecified atom stereocenters. The number of nitrogens with one attached hydrogen (secondary N) is 1. The Bertz CT molecular complexity index is 479. The number of nitrogens with zero attached hydrogens (tertiary/aromatic N) is 1. The molecule has 2 aliphatic carbocycles. The monoisotopic (exact) mass is 263 g/mol. The first-order chi connectivity index (χ1) is 9.15. The highest BCUT2D eigenvalue weighted by atomic mass is 16.3. The van der Waals surface area contributed by atoms with Crippen LogP contribution in [0.2, 0.25) is 0 Å². The van der Waals surface area contributed by atoms with Crippen LogP contribution < -0.4 is 11.1 Å². The number of aromatic nitrogens is 1. The summed E-state index contributed by atoms with van der Waals surface area (Å²) in [5.74, 6) is 0.119. The number of carbonyl (C=O) groups is 1. The SMILES string of the molecule is Nc1cc(C(=O)NCC2CCCC2O)n(C2CC2)c1. The minimum absolute atomic E-state index is 0.0808. The molecule has 2 aliphatic rings. The molecule has 2 fully saturated rings. The lowest BCUT2D eigenvalue weighted by Crippen LogP contribution is -2.33.